The van der Waals surface area contributed by atoms with E-state index >= 15 is 0 Å². The molecule has 0 bridgehead atoms. The highest BCUT2D eigenvalue weighted by Crippen LogP contribution is 2.30. The van der Waals surface area contributed by atoms with E-state index in [1.165, 1.54) is 12.8 Å². The minimum Gasteiger partial charge on any atom is -0.348 e. The van der Waals surface area contributed by atoms with Crippen LogP contribution in [0.2, 0.25) is 0 Å². The molecule has 3 aromatic carbocycles. The maximum atomic E-state index is 12.6. The number of fused-ring (bicyclic) bond motifs is 1. The largest absolute Gasteiger partial charge is 0.348 e. The van der Waals surface area contributed by atoms with Crippen molar-refractivity contribution in [2.24, 2.45) is 0 Å². The summed E-state index contributed by atoms with van der Waals surface area (Å²) in [5, 5.41) is 8.39. The summed E-state index contributed by atoms with van der Waals surface area (Å²) in [6, 6.07) is 21.7. The summed E-state index contributed by atoms with van der Waals surface area (Å²) in [6.45, 7) is 2.21. The number of aromatic nitrogens is 1. The Morgan fingerprint density at radius 1 is 0.931 bits per heavy atom. The summed E-state index contributed by atoms with van der Waals surface area (Å²) in [7, 11) is 0. The molecule has 29 heavy (non-hydrogen) atoms. The van der Waals surface area contributed by atoms with Gasteiger partial charge in [0.2, 0.25) is 0 Å². The van der Waals surface area contributed by atoms with E-state index < -0.39 is 0 Å². The lowest BCUT2D eigenvalue weighted by molar-refractivity contribution is 0.102. The van der Waals surface area contributed by atoms with Crippen LogP contribution in [0, 0.1) is 0 Å². The maximum absolute atomic E-state index is 12.6. The van der Waals surface area contributed by atoms with E-state index in [0.29, 0.717) is 5.56 Å². The number of hydrogen-bond donors (Lipinski definition) is 1. The van der Waals surface area contributed by atoms with Crippen LogP contribution in [-0.2, 0) is 0 Å². The predicted octanol–water partition coefficient (Wildman–Crippen LogP) is 5.82. The van der Waals surface area contributed by atoms with Crippen LogP contribution in [0.5, 0.6) is 0 Å². The van der Waals surface area contributed by atoms with E-state index in [2.05, 4.69) is 15.6 Å². The standard InChI is InChI=1S/C24H21N3OS/c28-23(20-8-7-17-5-1-2-6-19(17)15-20)25-21-11-9-18(10-12-21)22-16-29-24(26-22)27-13-3-4-14-27/h1-2,5-12,15-16H,3-4,13-14H2,(H,25,28). The quantitative estimate of drug-likeness (QED) is 0.471. The zero-order valence-corrected chi connectivity index (χ0v) is 16.8. The number of hydrogen-bond acceptors (Lipinski definition) is 4. The molecule has 0 radical (unpaired) electrons. The molecule has 0 saturated carbocycles. The third-order valence-corrected chi connectivity index (χ3v) is 6.22. The predicted molar refractivity (Wildman–Crippen MR) is 121 cm³/mol. The van der Waals surface area contributed by atoms with Gasteiger partial charge in [-0.1, -0.05) is 42.5 Å². The zero-order valence-electron chi connectivity index (χ0n) is 16.0. The first kappa shape index (κ1) is 17.9. The monoisotopic (exact) mass is 399 g/mol. The Hall–Kier alpha value is -3.18. The maximum Gasteiger partial charge on any atom is 0.255 e. The molecule has 5 rings (SSSR count). The Balaban J connectivity index is 1.30. The number of thiazole rings is 1. The van der Waals surface area contributed by atoms with Crippen LogP contribution >= 0.6 is 11.3 Å². The third-order valence-electron chi connectivity index (χ3n) is 5.32. The number of benzene rings is 3. The lowest BCUT2D eigenvalue weighted by Crippen LogP contribution is -2.17. The molecule has 0 unspecified atom stereocenters. The highest BCUT2D eigenvalue weighted by Gasteiger charge is 2.16. The molecule has 1 amide bonds. The Labute approximate surface area is 173 Å². The normalized spacial score (nSPS) is 13.7. The minimum atomic E-state index is -0.103. The Bertz CT molecular complexity index is 1160. The summed E-state index contributed by atoms with van der Waals surface area (Å²) in [4.78, 5) is 19.8. The summed E-state index contributed by atoms with van der Waals surface area (Å²) >= 11 is 1.70. The summed E-state index contributed by atoms with van der Waals surface area (Å²) < 4.78 is 0. The topological polar surface area (TPSA) is 45.2 Å². The molecule has 0 aliphatic carbocycles. The molecule has 1 fully saturated rings. The second-order valence-corrected chi connectivity index (χ2v) is 8.14. The fraction of sp³-hybridized carbons (Fsp3) is 0.167. The Morgan fingerprint density at radius 3 is 2.48 bits per heavy atom. The van der Waals surface area contributed by atoms with Gasteiger partial charge in [-0.25, -0.2) is 4.98 Å². The molecule has 1 saturated heterocycles. The van der Waals surface area contributed by atoms with Gasteiger partial charge in [0.1, 0.15) is 0 Å². The van der Waals surface area contributed by atoms with E-state index in [-0.39, 0.29) is 5.91 Å². The highest BCUT2D eigenvalue weighted by molar-refractivity contribution is 7.14. The van der Waals surface area contributed by atoms with Crippen molar-refractivity contribution in [3.63, 3.8) is 0 Å². The minimum absolute atomic E-state index is 0.103. The van der Waals surface area contributed by atoms with Crippen molar-refractivity contribution in [3.8, 4) is 11.3 Å². The van der Waals surface area contributed by atoms with Crippen LogP contribution in [0.25, 0.3) is 22.0 Å². The van der Waals surface area contributed by atoms with E-state index in [1.807, 2.05) is 66.7 Å². The fourth-order valence-electron chi connectivity index (χ4n) is 3.71. The number of amides is 1. The van der Waals surface area contributed by atoms with Gasteiger partial charge in [0.05, 0.1) is 5.69 Å². The highest BCUT2D eigenvalue weighted by atomic mass is 32.1. The molecule has 2 heterocycles. The molecule has 4 aromatic rings. The lowest BCUT2D eigenvalue weighted by atomic mass is 10.1. The lowest BCUT2D eigenvalue weighted by Gasteiger charge is -2.12. The van der Waals surface area contributed by atoms with Crippen LogP contribution in [0.3, 0.4) is 0 Å². The molecular weight excluding hydrogens is 378 g/mol. The van der Waals surface area contributed by atoms with Gasteiger partial charge in [0, 0.05) is 35.3 Å². The molecule has 0 atom stereocenters. The van der Waals surface area contributed by atoms with Gasteiger partial charge >= 0.3 is 0 Å². The second kappa shape index (κ2) is 7.68. The fourth-order valence-corrected chi connectivity index (χ4v) is 4.60. The van der Waals surface area contributed by atoms with E-state index in [4.69, 9.17) is 4.98 Å². The number of nitrogens with one attached hydrogen (secondary N) is 1. The smallest absolute Gasteiger partial charge is 0.255 e. The average molecular weight is 400 g/mol. The number of anilines is 2. The number of carbonyl (C=O) groups excluding carboxylic acids is 1. The van der Waals surface area contributed by atoms with Crippen LogP contribution < -0.4 is 10.2 Å². The van der Waals surface area contributed by atoms with Crippen molar-refractivity contribution >= 4 is 38.8 Å². The van der Waals surface area contributed by atoms with Gasteiger partial charge in [-0.3, -0.25) is 4.79 Å². The Morgan fingerprint density at radius 2 is 1.69 bits per heavy atom. The van der Waals surface area contributed by atoms with Crippen molar-refractivity contribution in [2.75, 3.05) is 23.3 Å². The van der Waals surface area contributed by atoms with Crippen LogP contribution in [0.1, 0.15) is 23.2 Å². The van der Waals surface area contributed by atoms with E-state index in [0.717, 1.165) is 45.9 Å². The molecule has 1 N–H and O–H groups in total. The SMILES string of the molecule is O=C(Nc1ccc(-c2csc(N3CCCC3)n2)cc1)c1ccc2ccccc2c1. The van der Waals surface area contributed by atoms with Crippen LogP contribution in [0.4, 0.5) is 10.8 Å². The average Bonchev–Trinajstić information content (AvgIpc) is 3.46. The summed E-state index contributed by atoms with van der Waals surface area (Å²) in [6.07, 6.45) is 2.50. The summed E-state index contributed by atoms with van der Waals surface area (Å²) in [5.74, 6) is -0.103. The number of nitrogens with zero attached hydrogens (tertiary/aromatic N) is 2. The molecule has 1 aliphatic heterocycles. The van der Waals surface area contributed by atoms with Gasteiger partial charge in [0.25, 0.3) is 5.91 Å². The van der Waals surface area contributed by atoms with Crippen LogP contribution in [-0.4, -0.2) is 24.0 Å². The first-order valence-electron chi connectivity index (χ1n) is 9.87. The molecule has 5 heteroatoms. The van der Waals surface area contributed by atoms with Gasteiger partial charge in [-0.2, -0.15) is 0 Å². The molecule has 4 nitrogen and oxygen atoms in total. The zero-order chi connectivity index (χ0) is 19.6. The van der Waals surface area contributed by atoms with Crippen LogP contribution in [0.15, 0.2) is 72.1 Å². The number of carbonyl (C=O) groups is 1. The molecule has 0 spiro atoms. The van der Waals surface area contributed by atoms with Crippen molar-refractivity contribution in [1.29, 1.82) is 0 Å². The number of rotatable bonds is 4. The molecule has 1 aliphatic rings. The van der Waals surface area contributed by atoms with Crippen molar-refractivity contribution < 1.29 is 4.79 Å². The van der Waals surface area contributed by atoms with Gasteiger partial charge in [-0.05, 0) is 47.9 Å². The van der Waals surface area contributed by atoms with Gasteiger partial charge < -0.3 is 10.2 Å². The summed E-state index contributed by atoms with van der Waals surface area (Å²) in [5.41, 5.74) is 3.49. The van der Waals surface area contributed by atoms with E-state index in [9.17, 15) is 4.79 Å². The van der Waals surface area contributed by atoms with Crippen molar-refractivity contribution in [2.45, 2.75) is 12.8 Å². The third kappa shape index (κ3) is 3.74. The van der Waals surface area contributed by atoms with Crippen molar-refractivity contribution in [3.05, 3.63) is 77.7 Å². The first-order chi connectivity index (χ1) is 14.3. The second-order valence-electron chi connectivity index (χ2n) is 7.30. The molecule has 1 aromatic heterocycles. The van der Waals surface area contributed by atoms with E-state index in [1.54, 1.807) is 11.3 Å². The molecular formula is C24H21N3OS. The Kier molecular flexibility index (Phi) is 4.74. The van der Waals surface area contributed by atoms with Gasteiger partial charge in [0.15, 0.2) is 5.13 Å². The molecule has 144 valence electrons. The first-order valence-corrected chi connectivity index (χ1v) is 10.8. The van der Waals surface area contributed by atoms with Crippen molar-refractivity contribution in [1.82, 2.24) is 4.98 Å². The van der Waals surface area contributed by atoms with Gasteiger partial charge in [-0.15, -0.1) is 11.3 Å².